The molecule has 2 rings (SSSR count). The molecule has 0 aliphatic carbocycles. The van der Waals surface area contributed by atoms with Crippen LogP contribution >= 0.6 is 0 Å². The number of hydrogen-bond acceptors (Lipinski definition) is 5. The van der Waals surface area contributed by atoms with E-state index in [1.165, 1.54) is 6.33 Å². The Hall–Kier alpha value is -2.17. The molecular formula is C12H14N4O. The first-order valence-corrected chi connectivity index (χ1v) is 5.26. The van der Waals surface area contributed by atoms with Gasteiger partial charge in [-0.15, -0.1) is 0 Å². The fourth-order valence-electron chi connectivity index (χ4n) is 1.47. The van der Waals surface area contributed by atoms with Crippen LogP contribution in [0.25, 0.3) is 0 Å². The fraction of sp³-hybridized carbons (Fsp3) is 0.250. The molecule has 0 N–H and O–H groups in total. The Bertz CT molecular complexity index is 475. The summed E-state index contributed by atoms with van der Waals surface area (Å²) in [6.07, 6.45) is 3.27. The number of pyridine rings is 1. The van der Waals surface area contributed by atoms with E-state index in [1.807, 2.05) is 30.1 Å². The van der Waals surface area contributed by atoms with E-state index < -0.39 is 0 Å². The lowest BCUT2D eigenvalue weighted by molar-refractivity contribution is 0.397. The zero-order valence-electron chi connectivity index (χ0n) is 9.87. The van der Waals surface area contributed by atoms with Crippen LogP contribution in [0.1, 0.15) is 5.69 Å². The van der Waals surface area contributed by atoms with Gasteiger partial charge in [0.15, 0.2) is 0 Å². The standard InChI is InChI=1S/C12H14N4O/c1-16(8-10-5-3-4-6-13-10)11-7-12(17-2)15-9-14-11/h3-7,9H,8H2,1-2H3. The van der Waals surface area contributed by atoms with Crippen LogP contribution < -0.4 is 9.64 Å². The Morgan fingerprint density at radius 1 is 1.24 bits per heavy atom. The van der Waals surface area contributed by atoms with Crippen LogP contribution in [0, 0.1) is 0 Å². The predicted molar refractivity (Wildman–Crippen MR) is 64.9 cm³/mol. The summed E-state index contributed by atoms with van der Waals surface area (Å²) in [4.78, 5) is 14.4. The Morgan fingerprint density at radius 2 is 2.12 bits per heavy atom. The van der Waals surface area contributed by atoms with Gasteiger partial charge in [0.2, 0.25) is 5.88 Å². The maximum absolute atomic E-state index is 5.06. The minimum Gasteiger partial charge on any atom is -0.481 e. The number of hydrogen-bond donors (Lipinski definition) is 0. The van der Waals surface area contributed by atoms with Crippen molar-refractivity contribution in [1.29, 1.82) is 0 Å². The van der Waals surface area contributed by atoms with Crippen LogP contribution in [0.2, 0.25) is 0 Å². The van der Waals surface area contributed by atoms with Gasteiger partial charge in [0, 0.05) is 19.3 Å². The van der Waals surface area contributed by atoms with Crippen molar-refractivity contribution in [3.8, 4) is 5.88 Å². The molecule has 0 bridgehead atoms. The van der Waals surface area contributed by atoms with Crippen LogP contribution in [0.15, 0.2) is 36.8 Å². The lowest BCUT2D eigenvalue weighted by Gasteiger charge is -2.17. The third-order valence-electron chi connectivity index (χ3n) is 2.35. The molecule has 5 heteroatoms. The number of anilines is 1. The number of rotatable bonds is 4. The fourth-order valence-corrected chi connectivity index (χ4v) is 1.47. The summed E-state index contributed by atoms with van der Waals surface area (Å²) in [7, 11) is 3.54. The first-order valence-electron chi connectivity index (χ1n) is 5.26. The number of ether oxygens (including phenoxy) is 1. The number of methoxy groups -OCH3 is 1. The van der Waals surface area contributed by atoms with Crippen LogP contribution in [-0.2, 0) is 6.54 Å². The van der Waals surface area contributed by atoms with Crippen molar-refractivity contribution in [3.05, 3.63) is 42.5 Å². The van der Waals surface area contributed by atoms with Crippen molar-refractivity contribution in [2.75, 3.05) is 19.1 Å². The molecule has 0 aliphatic rings. The molecule has 2 aromatic rings. The maximum atomic E-state index is 5.06. The van der Waals surface area contributed by atoms with Gasteiger partial charge in [-0.05, 0) is 12.1 Å². The summed E-state index contributed by atoms with van der Waals surface area (Å²) in [5.74, 6) is 1.37. The number of nitrogens with zero attached hydrogens (tertiary/aromatic N) is 4. The first kappa shape index (κ1) is 11.3. The molecule has 2 heterocycles. The normalized spacial score (nSPS) is 10.0. The zero-order valence-corrected chi connectivity index (χ0v) is 9.87. The topological polar surface area (TPSA) is 51.1 Å². The molecule has 0 fully saturated rings. The van der Waals surface area contributed by atoms with Gasteiger partial charge in [-0.2, -0.15) is 0 Å². The smallest absolute Gasteiger partial charge is 0.218 e. The second-order valence-corrected chi connectivity index (χ2v) is 3.60. The summed E-state index contributed by atoms with van der Waals surface area (Å²) in [5, 5.41) is 0. The SMILES string of the molecule is COc1cc(N(C)Cc2ccccn2)ncn1. The van der Waals surface area contributed by atoms with Crippen LogP contribution in [0.4, 0.5) is 5.82 Å². The summed E-state index contributed by atoms with van der Waals surface area (Å²) in [6.45, 7) is 0.695. The minimum absolute atomic E-state index is 0.558. The molecule has 0 saturated heterocycles. The molecule has 0 amide bonds. The molecular weight excluding hydrogens is 216 g/mol. The third kappa shape index (κ3) is 2.90. The molecule has 2 aromatic heterocycles. The Kier molecular flexibility index (Phi) is 3.49. The van der Waals surface area contributed by atoms with Crippen molar-refractivity contribution in [2.45, 2.75) is 6.54 Å². The van der Waals surface area contributed by atoms with Crippen molar-refractivity contribution in [1.82, 2.24) is 15.0 Å². The Labute approximate surface area is 100 Å². The zero-order chi connectivity index (χ0) is 12.1. The van der Waals surface area contributed by atoms with E-state index in [1.54, 1.807) is 19.4 Å². The highest BCUT2D eigenvalue weighted by Crippen LogP contribution is 2.15. The van der Waals surface area contributed by atoms with Gasteiger partial charge in [-0.25, -0.2) is 9.97 Å². The Balaban J connectivity index is 2.11. The van der Waals surface area contributed by atoms with Crippen molar-refractivity contribution in [3.63, 3.8) is 0 Å². The van der Waals surface area contributed by atoms with E-state index in [0.717, 1.165) is 11.5 Å². The van der Waals surface area contributed by atoms with Gasteiger partial charge in [-0.1, -0.05) is 6.07 Å². The second kappa shape index (κ2) is 5.25. The highest BCUT2D eigenvalue weighted by molar-refractivity contribution is 5.40. The van der Waals surface area contributed by atoms with Crippen molar-refractivity contribution in [2.24, 2.45) is 0 Å². The molecule has 0 aliphatic heterocycles. The van der Waals surface area contributed by atoms with Crippen molar-refractivity contribution >= 4 is 5.82 Å². The van der Waals surface area contributed by atoms with E-state index in [9.17, 15) is 0 Å². The molecule has 0 radical (unpaired) electrons. The van der Waals surface area contributed by atoms with Gasteiger partial charge in [-0.3, -0.25) is 4.98 Å². The predicted octanol–water partition coefficient (Wildman–Crippen LogP) is 1.52. The molecule has 0 atom stereocenters. The van der Waals surface area contributed by atoms with Gasteiger partial charge in [0.25, 0.3) is 0 Å². The molecule has 88 valence electrons. The summed E-state index contributed by atoms with van der Waals surface area (Å²) in [5.41, 5.74) is 0.993. The van der Waals surface area contributed by atoms with E-state index in [-0.39, 0.29) is 0 Å². The molecule has 0 spiro atoms. The number of aromatic nitrogens is 3. The lowest BCUT2D eigenvalue weighted by Crippen LogP contribution is -2.18. The average Bonchev–Trinajstić information content (AvgIpc) is 2.40. The van der Waals surface area contributed by atoms with E-state index >= 15 is 0 Å². The van der Waals surface area contributed by atoms with Gasteiger partial charge < -0.3 is 9.64 Å². The van der Waals surface area contributed by atoms with Crippen molar-refractivity contribution < 1.29 is 4.74 Å². The summed E-state index contributed by atoms with van der Waals surface area (Å²) >= 11 is 0. The Morgan fingerprint density at radius 3 is 2.82 bits per heavy atom. The minimum atomic E-state index is 0.558. The van der Waals surface area contributed by atoms with Crippen LogP contribution in [0.3, 0.4) is 0 Å². The molecule has 0 saturated carbocycles. The van der Waals surface area contributed by atoms with E-state index in [0.29, 0.717) is 12.4 Å². The monoisotopic (exact) mass is 230 g/mol. The summed E-state index contributed by atoms with van der Waals surface area (Å²) in [6, 6.07) is 7.64. The molecule has 0 aromatic carbocycles. The van der Waals surface area contributed by atoms with Crippen LogP contribution in [-0.4, -0.2) is 29.1 Å². The van der Waals surface area contributed by atoms with Crippen LogP contribution in [0.5, 0.6) is 5.88 Å². The molecule has 17 heavy (non-hydrogen) atoms. The van der Waals surface area contributed by atoms with Gasteiger partial charge >= 0.3 is 0 Å². The molecule has 5 nitrogen and oxygen atoms in total. The molecule has 0 unspecified atom stereocenters. The first-order chi connectivity index (χ1) is 8.29. The van der Waals surface area contributed by atoms with E-state index in [2.05, 4.69) is 15.0 Å². The average molecular weight is 230 g/mol. The quantitative estimate of drug-likeness (QED) is 0.797. The van der Waals surface area contributed by atoms with Gasteiger partial charge in [0.1, 0.15) is 12.1 Å². The largest absolute Gasteiger partial charge is 0.481 e. The third-order valence-corrected chi connectivity index (χ3v) is 2.35. The highest BCUT2D eigenvalue weighted by Gasteiger charge is 2.05. The van der Waals surface area contributed by atoms with E-state index in [4.69, 9.17) is 4.74 Å². The summed E-state index contributed by atoms with van der Waals surface area (Å²) < 4.78 is 5.06. The lowest BCUT2D eigenvalue weighted by atomic mass is 10.3. The highest BCUT2D eigenvalue weighted by atomic mass is 16.5. The maximum Gasteiger partial charge on any atom is 0.218 e. The second-order valence-electron chi connectivity index (χ2n) is 3.60. The van der Waals surface area contributed by atoms with Gasteiger partial charge in [0.05, 0.1) is 19.3 Å².